The molecule has 7 heteroatoms. The number of hydrogen-bond acceptors (Lipinski definition) is 5. The van der Waals surface area contributed by atoms with Crippen molar-refractivity contribution in [2.24, 2.45) is 11.7 Å². The standard InChI is InChI=1S/C19H29N3O3S/c1-15(20)18-6-3-7-22(14-18)19(23)17-5-2-4-16(12-17)13-21-8-10-26(24,25)11-9-21/h2,4-5,12,15,18H,3,6-11,13-14,20H2,1H3. The van der Waals surface area contributed by atoms with Crippen molar-refractivity contribution in [3.63, 3.8) is 0 Å². The van der Waals surface area contributed by atoms with Gasteiger partial charge >= 0.3 is 0 Å². The second kappa shape index (κ2) is 8.06. The van der Waals surface area contributed by atoms with Gasteiger partial charge in [-0.2, -0.15) is 0 Å². The van der Waals surface area contributed by atoms with Crippen LogP contribution in [-0.2, 0) is 16.4 Å². The van der Waals surface area contributed by atoms with E-state index in [-0.39, 0.29) is 23.5 Å². The zero-order valence-electron chi connectivity index (χ0n) is 15.4. The summed E-state index contributed by atoms with van der Waals surface area (Å²) in [6, 6.07) is 7.83. The number of benzene rings is 1. The van der Waals surface area contributed by atoms with Gasteiger partial charge in [0.25, 0.3) is 5.91 Å². The van der Waals surface area contributed by atoms with Crippen molar-refractivity contribution in [3.8, 4) is 0 Å². The van der Waals surface area contributed by atoms with Crippen LogP contribution in [0.25, 0.3) is 0 Å². The van der Waals surface area contributed by atoms with E-state index in [0.717, 1.165) is 31.5 Å². The first-order valence-electron chi connectivity index (χ1n) is 9.40. The van der Waals surface area contributed by atoms with Crippen LogP contribution < -0.4 is 5.73 Å². The van der Waals surface area contributed by atoms with Crippen LogP contribution in [0.15, 0.2) is 24.3 Å². The minimum Gasteiger partial charge on any atom is -0.338 e. The molecule has 2 fully saturated rings. The molecule has 3 rings (SSSR count). The van der Waals surface area contributed by atoms with E-state index >= 15 is 0 Å². The monoisotopic (exact) mass is 379 g/mol. The van der Waals surface area contributed by atoms with Gasteiger partial charge in [-0.3, -0.25) is 9.69 Å². The van der Waals surface area contributed by atoms with Crippen LogP contribution in [-0.4, -0.2) is 67.9 Å². The maximum absolute atomic E-state index is 12.9. The van der Waals surface area contributed by atoms with E-state index in [0.29, 0.717) is 31.1 Å². The van der Waals surface area contributed by atoms with E-state index in [9.17, 15) is 13.2 Å². The van der Waals surface area contributed by atoms with Gasteiger partial charge in [-0.25, -0.2) is 8.42 Å². The summed E-state index contributed by atoms with van der Waals surface area (Å²) in [5, 5.41) is 0. The summed E-state index contributed by atoms with van der Waals surface area (Å²) in [5.74, 6) is 0.875. The van der Waals surface area contributed by atoms with Gasteiger partial charge in [0.15, 0.2) is 9.84 Å². The molecule has 0 saturated carbocycles. The molecule has 2 aliphatic rings. The fourth-order valence-electron chi connectivity index (χ4n) is 3.78. The molecule has 0 bridgehead atoms. The zero-order chi connectivity index (χ0) is 18.7. The normalized spacial score (nSPS) is 25.0. The molecular formula is C19H29N3O3S. The van der Waals surface area contributed by atoms with Crippen molar-refractivity contribution in [1.82, 2.24) is 9.80 Å². The number of nitrogens with zero attached hydrogens (tertiary/aromatic N) is 2. The number of nitrogens with two attached hydrogens (primary N) is 1. The predicted octanol–water partition coefficient (Wildman–Crippen LogP) is 1.12. The van der Waals surface area contributed by atoms with E-state index in [1.807, 2.05) is 36.1 Å². The number of likely N-dealkylation sites (tertiary alicyclic amines) is 1. The third-order valence-electron chi connectivity index (χ3n) is 5.51. The molecule has 1 amide bonds. The second-order valence-corrected chi connectivity index (χ2v) is 9.94. The Labute approximate surface area is 156 Å². The Balaban J connectivity index is 1.64. The lowest BCUT2D eigenvalue weighted by atomic mass is 9.92. The molecule has 0 aliphatic carbocycles. The Morgan fingerprint density at radius 3 is 2.69 bits per heavy atom. The van der Waals surface area contributed by atoms with Crippen molar-refractivity contribution < 1.29 is 13.2 Å². The molecule has 0 aromatic heterocycles. The molecule has 2 unspecified atom stereocenters. The van der Waals surface area contributed by atoms with E-state index in [2.05, 4.69) is 4.90 Å². The average Bonchev–Trinajstić information content (AvgIpc) is 2.63. The summed E-state index contributed by atoms with van der Waals surface area (Å²) in [6.45, 7) is 5.32. The predicted molar refractivity (Wildman–Crippen MR) is 103 cm³/mol. The third kappa shape index (κ3) is 4.84. The highest BCUT2D eigenvalue weighted by molar-refractivity contribution is 7.91. The number of carbonyl (C=O) groups excluding carboxylic acids is 1. The number of hydrogen-bond donors (Lipinski definition) is 1. The fourth-order valence-corrected chi connectivity index (χ4v) is 5.05. The third-order valence-corrected chi connectivity index (χ3v) is 7.11. The largest absolute Gasteiger partial charge is 0.338 e. The van der Waals surface area contributed by atoms with Crippen molar-refractivity contribution in [2.45, 2.75) is 32.4 Å². The zero-order valence-corrected chi connectivity index (χ0v) is 16.2. The van der Waals surface area contributed by atoms with Crippen LogP contribution in [0.1, 0.15) is 35.7 Å². The number of sulfone groups is 1. The average molecular weight is 380 g/mol. The molecular weight excluding hydrogens is 350 g/mol. The maximum atomic E-state index is 12.9. The van der Waals surface area contributed by atoms with Gasteiger partial charge in [-0.1, -0.05) is 12.1 Å². The van der Waals surface area contributed by atoms with Crippen LogP contribution in [0, 0.1) is 5.92 Å². The Morgan fingerprint density at radius 2 is 2.00 bits per heavy atom. The Kier molecular flexibility index (Phi) is 5.99. The minimum absolute atomic E-state index is 0.0680. The minimum atomic E-state index is -2.87. The SMILES string of the molecule is CC(N)C1CCCN(C(=O)c2cccc(CN3CCS(=O)(=O)CC3)c2)C1. The van der Waals surface area contributed by atoms with E-state index in [1.54, 1.807) is 0 Å². The number of rotatable bonds is 4. The highest BCUT2D eigenvalue weighted by Gasteiger charge is 2.27. The Morgan fingerprint density at radius 1 is 1.27 bits per heavy atom. The van der Waals surface area contributed by atoms with Gasteiger partial charge in [0.1, 0.15) is 0 Å². The van der Waals surface area contributed by atoms with Gasteiger partial charge in [0.05, 0.1) is 11.5 Å². The van der Waals surface area contributed by atoms with E-state index < -0.39 is 9.84 Å². The van der Waals surface area contributed by atoms with Crippen LogP contribution in [0.3, 0.4) is 0 Å². The van der Waals surface area contributed by atoms with E-state index in [4.69, 9.17) is 5.73 Å². The summed E-state index contributed by atoms with van der Waals surface area (Å²) in [5.41, 5.74) is 7.79. The summed E-state index contributed by atoms with van der Waals surface area (Å²) in [4.78, 5) is 16.9. The van der Waals surface area contributed by atoms with Crippen molar-refractivity contribution >= 4 is 15.7 Å². The first-order valence-corrected chi connectivity index (χ1v) is 11.2. The van der Waals surface area contributed by atoms with Gasteiger partial charge in [-0.15, -0.1) is 0 Å². The molecule has 144 valence electrons. The molecule has 0 spiro atoms. The van der Waals surface area contributed by atoms with Gasteiger partial charge in [0, 0.05) is 44.3 Å². The Hall–Kier alpha value is -1.44. The topological polar surface area (TPSA) is 83.7 Å². The highest BCUT2D eigenvalue weighted by atomic mass is 32.2. The molecule has 2 aliphatic heterocycles. The van der Waals surface area contributed by atoms with Gasteiger partial charge < -0.3 is 10.6 Å². The lowest BCUT2D eigenvalue weighted by Crippen LogP contribution is -2.45. The Bertz CT molecular complexity index is 734. The molecule has 0 radical (unpaired) electrons. The van der Waals surface area contributed by atoms with Crippen molar-refractivity contribution in [3.05, 3.63) is 35.4 Å². The van der Waals surface area contributed by atoms with Crippen LogP contribution in [0.2, 0.25) is 0 Å². The highest BCUT2D eigenvalue weighted by Crippen LogP contribution is 2.21. The fraction of sp³-hybridized carbons (Fsp3) is 0.632. The molecule has 6 nitrogen and oxygen atoms in total. The molecule has 2 saturated heterocycles. The molecule has 26 heavy (non-hydrogen) atoms. The van der Waals surface area contributed by atoms with Crippen LogP contribution >= 0.6 is 0 Å². The van der Waals surface area contributed by atoms with Crippen LogP contribution in [0.4, 0.5) is 0 Å². The maximum Gasteiger partial charge on any atom is 0.253 e. The molecule has 2 heterocycles. The summed E-state index contributed by atoms with van der Waals surface area (Å²) < 4.78 is 23.1. The summed E-state index contributed by atoms with van der Waals surface area (Å²) in [6.07, 6.45) is 2.08. The second-order valence-electron chi connectivity index (χ2n) is 7.64. The first-order chi connectivity index (χ1) is 12.3. The van der Waals surface area contributed by atoms with E-state index in [1.165, 1.54) is 0 Å². The molecule has 1 aromatic rings. The summed E-state index contributed by atoms with van der Waals surface area (Å²) in [7, 11) is -2.87. The molecule has 2 atom stereocenters. The molecule has 1 aromatic carbocycles. The smallest absolute Gasteiger partial charge is 0.253 e. The lowest BCUT2D eigenvalue weighted by molar-refractivity contribution is 0.0660. The van der Waals surface area contributed by atoms with Gasteiger partial charge in [-0.05, 0) is 43.4 Å². The molecule has 2 N–H and O–H groups in total. The lowest BCUT2D eigenvalue weighted by Gasteiger charge is -2.34. The van der Waals surface area contributed by atoms with Crippen molar-refractivity contribution in [1.29, 1.82) is 0 Å². The summed E-state index contributed by atoms with van der Waals surface area (Å²) >= 11 is 0. The number of amides is 1. The van der Waals surface area contributed by atoms with Crippen LogP contribution in [0.5, 0.6) is 0 Å². The van der Waals surface area contributed by atoms with Gasteiger partial charge in [0.2, 0.25) is 0 Å². The number of carbonyl (C=O) groups is 1. The van der Waals surface area contributed by atoms with Crippen molar-refractivity contribution in [2.75, 3.05) is 37.7 Å². The first kappa shape index (κ1) is 19.3. The number of piperidine rings is 1. The quantitative estimate of drug-likeness (QED) is 0.847.